The number of amides is 1. The smallest absolute Gasteiger partial charge is 0.222 e. The van der Waals surface area contributed by atoms with E-state index in [2.05, 4.69) is 12.1 Å². The van der Waals surface area contributed by atoms with Crippen LogP contribution in [0.15, 0.2) is 30.3 Å². The standard InChI is InChI=1S/C18H25NO3/c20-16-9-14-11-19(12-15(14)10-17(16)21)18(22)8-4-7-13-5-2-1-3-6-13/h1-3,5-6,14-17,20-21H,4,7-12H2/t14-,15+,16+,17-. The second-order valence-electron chi connectivity index (χ2n) is 6.76. The minimum Gasteiger partial charge on any atom is -0.390 e. The lowest BCUT2D eigenvalue weighted by Gasteiger charge is -2.31. The molecule has 1 amide bonds. The van der Waals surface area contributed by atoms with Gasteiger partial charge in [0.15, 0.2) is 0 Å². The summed E-state index contributed by atoms with van der Waals surface area (Å²) >= 11 is 0. The minimum atomic E-state index is -0.616. The van der Waals surface area contributed by atoms with Crippen molar-refractivity contribution in [3.8, 4) is 0 Å². The number of hydrogen-bond acceptors (Lipinski definition) is 3. The fourth-order valence-electron chi connectivity index (χ4n) is 3.86. The molecule has 4 atom stereocenters. The van der Waals surface area contributed by atoms with Crippen LogP contribution in [0.3, 0.4) is 0 Å². The van der Waals surface area contributed by atoms with E-state index >= 15 is 0 Å². The van der Waals surface area contributed by atoms with Gasteiger partial charge >= 0.3 is 0 Å². The maximum Gasteiger partial charge on any atom is 0.222 e. The predicted octanol–water partition coefficient (Wildman–Crippen LogP) is 1.60. The van der Waals surface area contributed by atoms with Gasteiger partial charge in [0.05, 0.1) is 12.2 Å². The molecule has 22 heavy (non-hydrogen) atoms. The highest BCUT2D eigenvalue weighted by Crippen LogP contribution is 2.36. The molecule has 2 fully saturated rings. The zero-order valence-electron chi connectivity index (χ0n) is 12.9. The molecule has 3 rings (SSSR count). The summed E-state index contributed by atoms with van der Waals surface area (Å²) < 4.78 is 0. The first-order valence-corrected chi connectivity index (χ1v) is 8.31. The Labute approximate surface area is 131 Å². The number of carbonyl (C=O) groups is 1. The van der Waals surface area contributed by atoms with Gasteiger partial charge in [0.25, 0.3) is 0 Å². The molecule has 4 nitrogen and oxygen atoms in total. The second-order valence-corrected chi connectivity index (χ2v) is 6.76. The SMILES string of the molecule is O=C(CCCc1ccccc1)N1C[C@H]2C[C@H](O)[C@H](O)C[C@H]2C1. The van der Waals surface area contributed by atoms with E-state index in [0.29, 0.717) is 31.1 Å². The van der Waals surface area contributed by atoms with E-state index in [1.165, 1.54) is 5.56 Å². The monoisotopic (exact) mass is 303 g/mol. The van der Waals surface area contributed by atoms with E-state index in [-0.39, 0.29) is 5.91 Å². The van der Waals surface area contributed by atoms with E-state index in [1.807, 2.05) is 23.1 Å². The molecule has 0 unspecified atom stereocenters. The topological polar surface area (TPSA) is 60.8 Å². The van der Waals surface area contributed by atoms with Gasteiger partial charge in [-0.15, -0.1) is 0 Å². The van der Waals surface area contributed by atoms with Crippen molar-refractivity contribution in [1.82, 2.24) is 4.90 Å². The number of rotatable bonds is 4. The Morgan fingerprint density at radius 1 is 1.05 bits per heavy atom. The molecular formula is C18H25NO3. The van der Waals surface area contributed by atoms with E-state index < -0.39 is 12.2 Å². The van der Waals surface area contributed by atoms with Crippen LogP contribution in [0.1, 0.15) is 31.2 Å². The summed E-state index contributed by atoms with van der Waals surface area (Å²) in [6.45, 7) is 1.50. The van der Waals surface area contributed by atoms with Gasteiger partial charge in [0, 0.05) is 19.5 Å². The van der Waals surface area contributed by atoms with Gasteiger partial charge in [-0.05, 0) is 43.1 Å². The van der Waals surface area contributed by atoms with Gasteiger partial charge in [0.1, 0.15) is 0 Å². The largest absolute Gasteiger partial charge is 0.390 e. The Morgan fingerprint density at radius 2 is 1.64 bits per heavy atom. The van der Waals surface area contributed by atoms with Crippen molar-refractivity contribution in [2.45, 2.75) is 44.3 Å². The third kappa shape index (κ3) is 3.50. The minimum absolute atomic E-state index is 0.217. The second kappa shape index (κ2) is 6.80. The van der Waals surface area contributed by atoms with Gasteiger partial charge in [-0.1, -0.05) is 30.3 Å². The van der Waals surface area contributed by atoms with Crippen molar-refractivity contribution in [3.05, 3.63) is 35.9 Å². The normalized spacial score (nSPS) is 31.1. The lowest BCUT2D eigenvalue weighted by molar-refractivity contribution is -0.130. The molecule has 0 spiro atoms. The predicted molar refractivity (Wildman–Crippen MR) is 84.2 cm³/mol. The fourth-order valence-corrected chi connectivity index (χ4v) is 3.86. The Bertz CT molecular complexity index is 486. The molecule has 1 aromatic carbocycles. The summed E-state index contributed by atoms with van der Waals surface area (Å²) in [5, 5.41) is 19.5. The summed E-state index contributed by atoms with van der Waals surface area (Å²) in [7, 11) is 0. The average Bonchev–Trinajstić information content (AvgIpc) is 2.91. The van der Waals surface area contributed by atoms with Crippen molar-refractivity contribution in [2.24, 2.45) is 11.8 Å². The summed E-state index contributed by atoms with van der Waals surface area (Å²) in [4.78, 5) is 14.3. The summed E-state index contributed by atoms with van der Waals surface area (Å²) in [6, 6.07) is 10.2. The molecular weight excluding hydrogens is 278 g/mol. The van der Waals surface area contributed by atoms with Gasteiger partial charge in [-0.2, -0.15) is 0 Å². The van der Waals surface area contributed by atoms with Crippen LogP contribution in [-0.4, -0.2) is 46.3 Å². The summed E-state index contributed by atoms with van der Waals surface area (Å²) in [5.41, 5.74) is 1.27. The Kier molecular flexibility index (Phi) is 4.79. The highest BCUT2D eigenvalue weighted by molar-refractivity contribution is 5.76. The van der Waals surface area contributed by atoms with Gasteiger partial charge in [-0.25, -0.2) is 0 Å². The van der Waals surface area contributed by atoms with Crippen LogP contribution in [0.25, 0.3) is 0 Å². The van der Waals surface area contributed by atoms with E-state index in [0.717, 1.165) is 25.9 Å². The van der Waals surface area contributed by atoms with Crippen LogP contribution in [0.4, 0.5) is 0 Å². The van der Waals surface area contributed by atoms with Gasteiger partial charge in [-0.3, -0.25) is 4.79 Å². The number of benzene rings is 1. The van der Waals surface area contributed by atoms with Crippen LogP contribution in [0.2, 0.25) is 0 Å². The third-order valence-electron chi connectivity index (χ3n) is 5.16. The number of likely N-dealkylation sites (tertiary alicyclic amines) is 1. The Morgan fingerprint density at radius 3 is 2.23 bits per heavy atom. The van der Waals surface area contributed by atoms with Crippen LogP contribution in [-0.2, 0) is 11.2 Å². The molecule has 120 valence electrons. The molecule has 0 bridgehead atoms. The van der Waals surface area contributed by atoms with Gasteiger partial charge < -0.3 is 15.1 Å². The quantitative estimate of drug-likeness (QED) is 0.888. The zero-order chi connectivity index (χ0) is 15.5. The molecule has 1 heterocycles. The zero-order valence-corrected chi connectivity index (χ0v) is 12.9. The third-order valence-corrected chi connectivity index (χ3v) is 5.16. The maximum absolute atomic E-state index is 12.3. The lowest BCUT2D eigenvalue weighted by Crippen LogP contribution is -2.38. The molecule has 4 heteroatoms. The molecule has 1 aliphatic heterocycles. The number of carbonyl (C=O) groups excluding carboxylic acids is 1. The van der Waals surface area contributed by atoms with Crippen molar-refractivity contribution in [3.63, 3.8) is 0 Å². The molecule has 0 radical (unpaired) electrons. The van der Waals surface area contributed by atoms with Gasteiger partial charge in [0.2, 0.25) is 5.91 Å². The number of aliphatic hydroxyl groups is 2. The van der Waals surface area contributed by atoms with E-state index in [1.54, 1.807) is 0 Å². The van der Waals surface area contributed by atoms with Crippen molar-refractivity contribution in [1.29, 1.82) is 0 Å². The number of hydrogen-bond donors (Lipinski definition) is 2. The lowest BCUT2D eigenvalue weighted by atomic mass is 9.79. The molecule has 1 saturated carbocycles. The van der Waals surface area contributed by atoms with E-state index in [9.17, 15) is 15.0 Å². The summed E-state index contributed by atoms with van der Waals surface area (Å²) in [5.74, 6) is 0.933. The van der Waals surface area contributed by atoms with Crippen LogP contribution in [0, 0.1) is 11.8 Å². The van der Waals surface area contributed by atoms with Crippen LogP contribution in [0.5, 0.6) is 0 Å². The van der Waals surface area contributed by atoms with Crippen molar-refractivity contribution >= 4 is 5.91 Å². The Balaban J connectivity index is 1.45. The molecule has 0 aromatic heterocycles. The number of nitrogens with zero attached hydrogens (tertiary/aromatic N) is 1. The van der Waals surface area contributed by atoms with Crippen molar-refractivity contribution < 1.29 is 15.0 Å². The van der Waals surface area contributed by atoms with Crippen LogP contribution < -0.4 is 0 Å². The van der Waals surface area contributed by atoms with Crippen LogP contribution >= 0.6 is 0 Å². The molecule has 2 aliphatic rings. The van der Waals surface area contributed by atoms with Crippen molar-refractivity contribution in [2.75, 3.05) is 13.1 Å². The summed E-state index contributed by atoms with van der Waals surface area (Å²) in [6.07, 6.45) is 2.41. The average molecular weight is 303 g/mol. The first-order chi connectivity index (χ1) is 10.6. The number of aryl methyl sites for hydroxylation is 1. The first kappa shape index (κ1) is 15.5. The first-order valence-electron chi connectivity index (χ1n) is 8.31. The molecule has 1 aliphatic carbocycles. The number of fused-ring (bicyclic) bond motifs is 1. The Hall–Kier alpha value is -1.39. The highest BCUT2D eigenvalue weighted by atomic mass is 16.3. The molecule has 1 saturated heterocycles. The molecule has 1 aromatic rings. The van der Waals surface area contributed by atoms with E-state index in [4.69, 9.17) is 0 Å². The molecule has 2 N–H and O–H groups in total. The maximum atomic E-state index is 12.3. The fraction of sp³-hybridized carbons (Fsp3) is 0.611. The highest BCUT2D eigenvalue weighted by Gasteiger charge is 2.42. The number of aliphatic hydroxyl groups excluding tert-OH is 2.